The van der Waals surface area contributed by atoms with Crippen molar-refractivity contribution in [3.8, 4) is 0 Å². The van der Waals surface area contributed by atoms with Gasteiger partial charge in [0.2, 0.25) is 15.9 Å². The predicted molar refractivity (Wildman–Crippen MR) is 100 cm³/mol. The molecule has 0 saturated carbocycles. The molecule has 3 N–H and O–H groups in total. The maximum Gasteiger partial charge on any atom is 0.239 e. The van der Waals surface area contributed by atoms with Gasteiger partial charge in [0.25, 0.3) is 0 Å². The fraction of sp³-hybridized carbons (Fsp3) is 0.118. The fourth-order valence-electron chi connectivity index (χ4n) is 1.86. The standard InChI is InChI=1S/C17H18ClN3O3S/c18-15-7-4-8-16(13-15)20-21-17(22)9-11-19-25(23,24)12-10-14-5-2-1-3-6-14/h1-8,10,12-13,19-20H,9,11H2,(H,21,22)/b12-10+. The summed E-state index contributed by atoms with van der Waals surface area (Å²) in [5.41, 5.74) is 6.58. The zero-order valence-corrected chi connectivity index (χ0v) is 14.8. The Morgan fingerprint density at radius 1 is 1.08 bits per heavy atom. The molecule has 0 heterocycles. The molecule has 0 aliphatic rings. The van der Waals surface area contributed by atoms with E-state index >= 15 is 0 Å². The van der Waals surface area contributed by atoms with E-state index in [1.807, 2.05) is 18.2 Å². The summed E-state index contributed by atoms with van der Waals surface area (Å²) in [5.74, 6) is -0.352. The van der Waals surface area contributed by atoms with Crippen molar-refractivity contribution in [2.45, 2.75) is 6.42 Å². The molecule has 132 valence electrons. The van der Waals surface area contributed by atoms with Crippen molar-refractivity contribution in [3.63, 3.8) is 0 Å². The number of carbonyl (C=O) groups is 1. The molecule has 25 heavy (non-hydrogen) atoms. The Morgan fingerprint density at radius 3 is 2.56 bits per heavy atom. The summed E-state index contributed by atoms with van der Waals surface area (Å²) < 4.78 is 26.0. The molecule has 0 bridgehead atoms. The summed E-state index contributed by atoms with van der Waals surface area (Å²) in [5, 5.41) is 1.61. The lowest BCUT2D eigenvalue weighted by Gasteiger charge is -2.09. The van der Waals surface area contributed by atoms with Gasteiger partial charge in [-0.3, -0.25) is 15.6 Å². The molecule has 0 aliphatic carbocycles. The molecule has 0 radical (unpaired) electrons. The minimum absolute atomic E-state index is 0.00796. The van der Waals surface area contributed by atoms with E-state index in [0.717, 1.165) is 11.0 Å². The number of amides is 1. The smallest absolute Gasteiger partial charge is 0.239 e. The van der Waals surface area contributed by atoms with E-state index in [4.69, 9.17) is 11.6 Å². The van der Waals surface area contributed by atoms with E-state index in [0.29, 0.717) is 10.7 Å². The monoisotopic (exact) mass is 379 g/mol. The van der Waals surface area contributed by atoms with Crippen LogP contribution in [0.3, 0.4) is 0 Å². The molecule has 1 amide bonds. The number of carbonyl (C=O) groups excluding carboxylic acids is 1. The zero-order valence-electron chi connectivity index (χ0n) is 13.3. The van der Waals surface area contributed by atoms with Gasteiger partial charge >= 0.3 is 0 Å². The van der Waals surface area contributed by atoms with Gasteiger partial charge in [0.05, 0.1) is 5.69 Å². The highest BCUT2D eigenvalue weighted by atomic mass is 35.5. The molecule has 0 spiro atoms. The van der Waals surface area contributed by atoms with E-state index in [1.54, 1.807) is 36.4 Å². The molecule has 6 nitrogen and oxygen atoms in total. The summed E-state index contributed by atoms with van der Waals surface area (Å²) in [6.45, 7) is -0.00940. The van der Waals surface area contributed by atoms with Crippen LogP contribution in [0, 0.1) is 0 Å². The fourth-order valence-corrected chi connectivity index (χ4v) is 2.87. The van der Waals surface area contributed by atoms with Gasteiger partial charge in [-0.2, -0.15) is 0 Å². The Balaban J connectivity index is 1.73. The predicted octanol–water partition coefficient (Wildman–Crippen LogP) is 2.76. The number of hydrogen-bond donors (Lipinski definition) is 3. The largest absolute Gasteiger partial charge is 0.299 e. The Kier molecular flexibility index (Phi) is 7.00. The maximum atomic E-state index is 11.8. The Hall–Kier alpha value is -2.35. The van der Waals surface area contributed by atoms with E-state index in [-0.39, 0.29) is 18.9 Å². The number of benzene rings is 2. The molecular weight excluding hydrogens is 362 g/mol. The van der Waals surface area contributed by atoms with Crippen LogP contribution in [0.15, 0.2) is 60.0 Å². The van der Waals surface area contributed by atoms with Gasteiger partial charge in [0.15, 0.2) is 0 Å². The number of halogens is 1. The molecule has 8 heteroatoms. The SMILES string of the molecule is O=C(CCNS(=O)(=O)/C=C/c1ccccc1)NNc1cccc(Cl)c1. The Bertz CT molecular complexity index is 839. The molecule has 0 unspecified atom stereocenters. The third kappa shape index (κ3) is 7.38. The molecule has 0 aliphatic heterocycles. The van der Waals surface area contributed by atoms with Crippen LogP contribution < -0.4 is 15.6 Å². The highest BCUT2D eigenvalue weighted by Crippen LogP contribution is 2.13. The van der Waals surface area contributed by atoms with Crippen LogP contribution in [0.1, 0.15) is 12.0 Å². The van der Waals surface area contributed by atoms with Gasteiger partial charge in [-0.15, -0.1) is 0 Å². The highest BCUT2D eigenvalue weighted by Gasteiger charge is 2.07. The quantitative estimate of drug-likeness (QED) is 0.615. The van der Waals surface area contributed by atoms with Gasteiger partial charge in [0.1, 0.15) is 0 Å². The second-order valence-electron chi connectivity index (χ2n) is 5.09. The molecule has 0 aromatic heterocycles. The molecular formula is C17H18ClN3O3S. The number of rotatable bonds is 8. The normalized spacial score (nSPS) is 11.4. The number of anilines is 1. The first-order chi connectivity index (χ1) is 11.9. The third-order valence-electron chi connectivity index (χ3n) is 3.07. The minimum atomic E-state index is -3.60. The average Bonchev–Trinajstić information content (AvgIpc) is 2.59. The van der Waals surface area contributed by atoms with Crippen molar-refractivity contribution in [2.24, 2.45) is 0 Å². The van der Waals surface area contributed by atoms with E-state index in [2.05, 4.69) is 15.6 Å². The number of nitrogens with one attached hydrogen (secondary N) is 3. The first kappa shape index (κ1) is 19.0. The topological polar surface area (TPSA) is 87.3 Å². The number of hydrogen-bond acceptors (Lipinski definition) is 4. The second kappa shape index (κ2) is 9.22. The maximum absolute atomic E-state index is 11.8. The van der Waals surface area contributed by atoms with Crippen LogP contribution in [0.4, 0.5) is 5.69 Å². The first-order valence-corrected chi connectivity index (χ1v) is 9.40. The molecule has 2 aromatic rings. The van der Waals surface area contributed by atoms with Gasteiger partial charge < -0.3 is 0 Å². The summed E-state index contributed by atoms with van der Waals surface area (Å²) in [6.07, 6.45) is 1.48. The molecule has 0 fully saturated rings. The lowest BCUT2D eigenvalue weighted by atomic mass is 10.2. The van der Waals surface area contributed by atoms with Crippen molar-refractivity contribution in [3.05, 3.63) is 70.6 Å². The van der Waals surface area contributed by atoms with Gasteiger partial charge in [0, 0.05) is 23.4 Å². The van der Waals surface area contributed by atoms with Gasteiger partial charge in [-0.1, -0.05) is 48.0 Å². The van der Waals surface area contributed by atoms with E-state index in [9.17, 15) is 13.2 Å². The van der Waals surface area contributed by atoms with Crippen LogP contribution in [-0.4, -0.2) is 20.9 Å². The van der Waals surface area contributed by atoms with Crippen molar-refractivity contribution >= 4 is 39.3 Å². The third-order valence-corrected chi connectivity index (χ3v) is 4.40. The molecule has 2 rings (SSSR count). The Morgan fingerprint density at radius 2 is 1.84 bits per heavy atom. The Labute approximate surface area is 151 Å². The van der Waals surface area contributed by atoms with Crippen LogP contribution in [0.5, 0.6) is 0 Å². The minimum Gasteiger partial charge on any atom is -0.299 e. The average molecular weight is 380 g/mol. The van der Waals surface area contributed by atoms with Crippen LogP contribution in [0.25, 0.3) is 6.08 Å². The van der Waals surface area contributed by atoms with Gasteiger partial charge in [-0.05, 0) is 29.8 Å². The summed E-state index contributed by atoms with van der Waals surface area (Å²) >= 11 is 5.83. The summed E-state index contributed by atoms with van der Waals surface area (Å²) in [7, 11) is -3.60. The second-order valence-corrected chi connectivity index (χ2v) is 7.17. The van der Waals surface area contributed by atoms with E-state index < -0.39 is 10.0 Å². The van der Waals surface area contributed by atoms with Crippen LogP contribution >= 0.6 is 11.6 Å². The first-order valence-electron chi connectivity index (χ1n) is 7.48. The molecule has 2 aromatic carbocycles. The zero-order chi connectivity index (χ0) is 18.1. The molecule has 0 atom stereocenters. The number of sulfonamides is 1. The highest BCUT2D eigenvalue weighted by molar-refractivity contribution is 7.92. The number of hydrazine groups is 1. The van der Waals surface area contributed by atoms with Crippen molar-refractivity contribution in [1.82, 2.24) is 10.1 Å². The van der Waals surface area contributed by atoms with E-state index in [1.165, 1.54) is 6.08 Å². The van der Waals surface area contributed by atoms with Crippen molar-refractivity contribution in [2.75, 3.05) is 12.0 Å². The lowest BCUT2D eigenvalue weighted by Crippen LogP contribution is -2.33. The summed E-state index contributed by atoms with van der Waals surface area (Å²) in [6, 6.07) is 15.9. The van der Waals surface area contributed by atoms with Crippen LogP contribution in [-0.2, 0) is 14.8 Å². The van der Waals surface area contributed by atoms with Crippen LogP contribution in [0.2, 0.25) is 5.02 Å². The van der Waals surface area contributed by atoms with Gasteiger partial charge in [-0.25, -0.2) is 13.1 Å². The lowest BCUT2D eigenvalue weighted by molar-refractivity contribution is -0.120. The van der Waals surface area contributed by atoms with Crippen molar-refractivity contribution < 1.29 is 13.2 Å². The molecule has 0 saturated heterocycles. The van der Waals surface area contributed by atoms with Crippen molar-refractivity contribution in [1.29, 1.82) is 0 Å². The summed E-state index contributed by atoms with van der Waals surface area (Å²) in [4.78, 5) is 11.7.